The highest BCUT2D eigenvalue weighted by Gasteiger charge is 2.21. The molecule has 0 radical (unpaired) electrons. The van der Waals surface area contributed by atoms with Crippen molar-refractivity contribution in [2.75, 3.05) is 31.1 Å². The maximum Gasteiger partial charge on any atom is 0.407 e. The van der Waals surface area contributed by atoms with Gasteiger partial charge in [0.1, 0.15) is 0 Å². The average molecular weight is 301 g/mol. The van der Waals surface area contributed by atoms with Crippen molar-refractivity contribution in [1.29, 1.82) is 0 Å². The van der Waals surface area contributed by atoms with Gasteiger partial charge < -0.3 is 20.6 Å². The van der Waals surface area contributed by atoms with E-state index in [0.717, 1.165) is 17.1 Å². The van der Waals surface area contributed by atoms with Crippen molar-refractivity contribution >= 4 is 11.9 Å². The zero-order valence-electron chi connectivity index (χ0n) is 12.2. The fourth-order valence-corrected chi connectivity index (χ4v) is 2.54. The van der Waals surface area contributed by atoms with Gasteiger partial charge in [0.25, 0.3) is 0 Å². The van der Waals surface area contributed by atoms with Gasteiger partial charge in [-0.15, -0.1) is 0 Å². The highest BCUT2D eigenvalue weighted by Crippen LogP contribution is 2.16. The van der Waals surface area contributed by atoms with Crippen molar-refractivity contribution in [3.05, 3.63) is 42.1 Å². The molecule has 0 atom stereocenters. The smallest absolute Gasteiger partial charge is 0.407 e. The number of amides is 1. The second kappa shape index (κ2) is 6.07. The molecule has 1 aliphatic heterocycles. The van der Waals surface area contributed by atoms with Crippen molar-refractivity contribution in [2.45, 2.75) is 6.54 Å². The molecule has 0 aliphatic carbocycles. The van der Waals surface area contributed by atoms with Gasteiger partial charge in [0.2, 0.25) is 0 Å². The van der Waals surface area contributed by atoms with Gasteiger partial charge >= 0.3 is 6.09 Å². The first-order valence-corrected chi connectivity index (χ1v) is 7.25. The number of rotatable bonds is 3. The highest BCUT2D eigenvalue weighted by molar-refractivity contribution is 5.65. The third-order valence-corrected chi connectivity index (χ3v) is 3.89. The molecule has 7 nitrogen and oxygen atoms in total. The number of carbonyl (C=O) groups is 1. The van der Waals surface area contributed by atoms with E-state index in [1.54, 1.807) is 0 Å². The minimum absolute atomic E-state index is 0.507. The summed E-state index contributed by atoms with van der Waals surface area (Å²) in [6.45, 7) is 2.87. The fraction of sp³-hybridized carbons (Fsp3) is 0.333. The van der Waals surface area contributed by atoms with Crippen LogP contribution < -0.4 is 10.6 Å². The number of carboxylic acid groups (broad SMARTS) is 1. The average Bonchev–Trinajstić information content (AvgIpc) is 3.05. The monoisotopic (exact) mass is 301 g/mol. The van der Waals surface area contributed by atoms with E-state index in [4.69, 9.17) is 10.8 Å². The van der Waals surface area contributed by atoms with Crippen LogP contribution in [0.25, 0.3) is 5.69 Å². The predicted octanol–water partition coefficient (Wildman–Crippen LogP) is 1.13. The zero-order valence-corrected chi connectivity index (χ0v) is 12.2. The lowest BCUT2D eigenvalue weighted by molar-refractivity contribution is 0.142. The summed E-state index contributed by atoms with van der Waals surface area (Å²) < 4.78 is 1.82. The molecule has 7 heteroatoms. The van der Waals surface area contributed by atoms with Crippen LogP contribution in [-0.4, -0.2) is 52.1 Å². The van der Waals surface area contributed by atoms with Crippen LogP contribution in [0.3, 0.4) is 0 Å². The molecule has 1 fully saturated rings. The molecule has 1 aliphatic rings. The summed E-state index contributed by atoms with van der Waals surface area (Å²) in [7, 11) is 0. The van der Waals surface area contributed by atoms with Crippen molar-refractivity contribution in [2.24, 2.45) is 5.73 Å². The fourth-order valence-electron chi connectivity index (χ4n) is 2.54. The van der Waals surface area contributed by atoms with Gasteiger partial charge in [0.15, 0.2) is 5.82 Å². The zero-order chi connectivity index (χ0) is 15.5. The molecule has 1 amide bonds. The Kier molecular flexibility index (Phi) is 3.97. The molecule has 22 heavy (non-hydrogen) atoms. The Labute approximate surface area is 128 Å². The van der Waals surface area contributed by atoms with Gasteiger partial charge in [0.05, 0.1) is 5.69 Å². The van der Waals surface area contributed by atoms with Gasteiger partial charge in [0, 0.05) is 45.0 Å². The summed E-state index contributed by atoms with van der Waals surface area (Å²) in [5.41, 5.74) is 7.66. The number of hydrogen-bond donors (Lipinski definition) is 2. The third-order valence-electron chi connectivity index (χ3n) is 3.89. The van der Waals surface area contributed by atoms with Gasteiger partial charge in [-0.3, -0.25) is 0 Å². The summed E-state index contributed by atoms with van der Waals surface area (Å²) in [6.07, 6.45) is 1.06. The Morgan fingerprint density at radius 3 is 2.41 bits per heavy atom. The van der Waals surface area contributed by atoms with Crippen LogP contribution in [0.2, 0.25) is 0 Å². The standard InChI is InChI=1S/C15H19N5O2/c16-11-12-1-3-13(4-2-12)20-6-5-14(17-20)18-7-9-19(10-8-18)15(21)22/h1-6H,7-11,16H2,(H,21,22). The molecule has 2 heterocycles. The van der Waals surface area contributed by atoms with Gasteiger partial charge in [-0.1, -0.05) is 12.1 Å². The van der Waals surface area contributed by atoms with Gasteiger partial charge in [-0.25, -0.2) is 9.48 Å². The van der Waals surface area contributed by atoms with Crippen LogP contribution in [0.5, 0.6) is 0 Å². The van der Waals surface area contributed by atoms with E-state index in [9.17, 15) is 4.79 Å². The summed E-state index contributed by atoms with van der Waals surface area (Å²) >= 11 is 0. The lowest BCUT2D eigenvalue weighted by Gasteiger charge is -2.33. The van der Waals surface area contributed by atoms with Gasteiger partial charge in [-0.05, 0) is 17.7 Å². The van der Waals surface area contributed by atoms with E-state index in [1.807, 2.05) is 41.2 Å². The number of anilines is 1. The predicted molar refractivity (Wildman–Crippen MR) is 83.3 cm³/mol. The number of hydrogen-bond acceptors (Lipinski definition) is 4. The molecule has 1 aromatic heterocycles. The minimum Gasteiger partial charge on any atom is -0.465 e. The summed E-state index contributed by atoms with van der Waals surface area (Å²) in [5.74, 6) is 0.868. The largest absolute Gasteiger partial charge is 0.465 e. The second-order valence-corrected chi connectivity index (χ2v) is 5.25. The Balaban J connectivity index is 1.70. The van der Waals surface area contributed by atoms with E-state index < -0.39 is 6.09 Å². The minimum atomic E-state index is -0.856. The molecule has 0 saturated carbocycles. The topological polar surface area (TPSA) is 87.6 Å². The molecule has 1 aromatic carbocycles. The molecular formula is C15H19N5O2. The number of aromatic nitrogens is 2. The first kappa shape index (κ1) is 14.4. The molecule has 0 spiro atoms. The first-order valence-electron chi connectivity index (χ1n) is 7.25. The van der Waals surface area contributed by atoms with E-state index in [-0.39, 0.29) is 0 Å². The second-order valence-electron chi connectivity index (χ2n) is 5.25. The number of nitrogens with zero attached hydrogens (tertiary/aromatic N) is 4. The summed E-state index contributed by atoms with van der Waals surface area (Å²) in [4.78, 5) is 14.4. The maximum absolute atomic E-state index is 10.9. The number of benzene rings is 1. The molecule has 2 aromatic rings. The summed E-state index contributed by atoms with van der Waals surface area (Å²) in [6, 6.07) is 9.90. The van der Waals surface area contributed by atoms with Crippen LogP contribution >= 0.6 is 0 Å². The Hall–Kier alpha value is -2.54. The lowest BCUT2D eigenvalue weighted by Crippen LogP contribution is -2.48. The third kappa shape index (κ3) is 2.89. The highest BCUT2D eigenvalue weighted by atomic mass is 16.4. The van der Waals surface area contributed by atoms with Crippen LogP contribution in [0, 0.1) is 0 Å². The summed E-state index contributed by atoms with van der Waals surface area (Å²) in [5, 5.41) is 13.5. The van der Waals surface area contributed by atoms with Crippen LogP contribution in [0.15, 0.2) is 36.5 Å². The lowest BCUT2D eigenvalue weighted by atomic mass is 10.2. The number of nitrogens with two attached hydrogens (primary N) is 1. The van der Waals surface area contributed by atoms with Crippen molar-refractivity contribution in [3.63, 3.8) is 0 Å². The van der Waals surface area contributed by atoms with Crippen LogP contribution in [-0.2, 0) is 6.54 Å². The normalized spacial score (nSPS) is 15.1. The van der Waals surface area contributed by atoms with Crippen LogP contribution in [0.1, 0.15) is 5.56 Å². The van der Waals surface area contributed by atoms with E-state index in [0.29, 0.717) is 32.7 Å². The first-order chi connectivity index (χ1) is 10.7. The maximum atomic E-state index is 10.9. The van der Waals surface area contributed by atoms with Crippen molar-refractivity contribution in [3.8, 4) is 5.69 Å². The Morgan fingerprint density at radius 1 is 1.14 bits per heavy atom. The molecular weight excluding hydrogens is 282 g/mol. The van der Waals surface area contributed by atoms with E-state index in [2.05, 4.69) is 10.00 Å². The SMILES string of the molecule is NCc1ccc(-n2ccc(N3CCN(C(=O)O)CC3)n2)cc1. The van der Waals surface area contributed by atoms with Gasteiger partial charge in [-0.2, -0.15) is 5.10 Å². The van der Waals surface area contributed by atoms with E-state index in [1.165, 1.54) is 4.90 Å². The Bertz CT molecular complexity index is 644. The van der Waals surface area contributed by atoms with E-state index >= 15 is 0 Å². The molecule has 0 unspecified atom stereocenters. The number of piperazine rings is 1. The Morgan fingerprint density at radius 2 is 1.82 bits per heavy atom. The van der Waals surface area contributed by atoms with Crippen molar-refractivity contribution < 1.29 is 9.90 Å². The van der Waals surface area contributed by atoms with Crippen molar-refractivity contribution in [1.82, 2.24) is 14.7 Å². The quantitative estimate of drug-likeness (QED) is 0.887. The molecule has 3 rings (SSSR count). The van der Waals surface area contributed by atoms with Crippen LogP contribution in [0.4, 0.5) is 10.6 Å². The molecule has 1 saturated heterocycles. The molecule has 116 valence electrons. The molecule has 0 bridgehead atoms. The molecule has 3 N–H and O–H groups in total.